The summed E-state index contributed by atoms with van der Waals surface area (Å²) in [6.45, 7) is 7.68. The van der Waals surface area contributed by atoms with Crippen LogP contribution in [0.25, 0.3) is 0 Å². The number of rotatable bonds is 19. The fourth-order valence-electron chi connectivity index (χ4n) is 4.05. The molecule has 1 aromatic rings. The molecule has 1 amide bonds. The zero-order valence-corrected chi connectivity index (χ0v) is 20.2. The number of hydrogen-bond donors (Lipinski definition) is 2. The quantitative estimate of drug-likeness (QED) is 0.228. The maximum atomic E-state index is 12.1. The van der Waals surface area contributed by atoms with Crippen LogP contribution in [-0.4, -0.2) is 19.0 Å². The van der Waals surface area contributed by atoms with Crippen molar-refractivity contribution in [2.24, 2.45) is 0 Å². The van der Waals surface area contributed by atoms with E-state index in [-0.39, 0.29) is 5.91 Å². The van der Waals surface area contributed by atoms with Gasteiger partial charge in [0, 0.05) is 12.2 Å². The second kappa shape index (κ2) is 18.3. The molecule has 0 aromatic heterocycles. The van der Waals surface area contributed by atoms with E-state index < -0.39 is 0 Å². The predicted octanol–water partition coefficient (Wildman–Crippen LogP) is 7.57. The minimum absolute atomic E-state index is 0.0926. The van der Waals surface area contributed by atoms with Crippen LogP contribution in [0, 0.1) is 6.92 Å². The van der Waals surface area contributed by atoms with E-state index in [2.05, 4.69) is 49.6 Å². The molecule has 172 valence electrons. The minimum atomic E-state index is 0.0926. The van der Waals surface area contributed by atoms with E-state index in [1.54, 1.807) is 0 Å². The molecule has 3 nitrogen and oxygen atoms in total. The van der Waals surface area contributed by atoms with Gasteiger partial charge in [0.05, 0.1) is 6.54 Å². The van der Waals surface area contributed by atoms with Gasteiger partial charge < -0.3 is 10.6 Å². The van der Waals surface area contributed by atoms with E-state index >= 15 is 0 Å². The van der Waals surface area contributed by atoms with Gasteiger partial charge in [-0.1, -0.05) is 116 Å². The van der Waals surface area contributed by atoms with Crippen LogP contribution in [0.3, 0.4) is 0 Å². The molecule has 30 heavy (non-hydrogen) atoms. The third kappa shape index (κ3) is 12.9. The van der Waals surface area contributed by atoms with Crippen molar-refractivity contribution in [2.75, 3.05) is 18.4 Å². The molecule has 0 saturated carbocycles. The number of carbonyl (C=O) groups excluding carboxylic acids is 1. The van der Waals surface area contributed by atoms with E-state index in [1.807, 2.05) is 0 Å². The zero-order valence-electron chi connectivity index (χ0n) is 20.2. The largest absolute Gasteiger partial charge is 0.376 e. The highest BCUT2D eigenvalue weighted by molar-refractivity contribution is 5.81. The molecule has 0 bridgehead atoms. The Kier molecular flexibility index (Phi) is 16.2. The Morgan fingerprint density at radius 3 is 1.83 bits per heavy atom. The van der Waals surface area contributed by atoms with Crippen molar-refractivity contribution in [2.45, 2.75) is 117 Å². The van der Waals surface area contributed by atoms with Crippen molar-refractivity contribution < 1.29 is 4.79 Å². The lowest BCUT2D eigenvalue weighted by Crippen LogP contribution is -2.30. The van der Waals surface area contributed by atoms with Crippen molar-refractivity contribution in [3.63, 3.8) is 0 Å². The Morgan fingerprint density at radius 2 is 1.30 bits per heavy atom. The summed E-state index contributed by atoms with van der Waals surface area (Å²) in [6, 6.07) is 6.30. The summed E-state index contributed by atoms with van der Waals surface area (Å²) in [7, 11) is 0. The number of nitrogens with one attached hydrogen (secondary N) is 2. The first kappa shape index (κ1) is 26.5. The molecule has 0 unspecified atom stereocenters. The first-order valence-electron chi connectivity index (χ1n) is 12.8. The first-order valence-corrected chi connectivity index (χ1v) is 12.8. The highest BCUT2D eigenvalue weighted by Gasteiger charge is 2.06. The minimum Gasteiger partial charge on any atom is -0.376 e. The standard InChI is InChI=1S/C27H48N2O/c1-4-6-7-8-9-10-11-12-13-14-15-16-17-18-22-28-26(30)23-29-27-24(3)20-19-21-25(27)5-2/h19-21,29H,4-18,22-23H2,1-3H3,(H,28,30). The van der Waals surface area contributed by atoms with Gasteiger partial charge in [-0.15, -0.1) is 0 Å². The van der Waals surface area contributed by atoms with E-state index in [4.69, 9.17) is 0 Å². The van der Waals surface area contributed by atoms with Crippen molar-refractivity contribution in [1.29, 1.82) is 0 Å². The third-order valence-corrected chi connectivity index (χ3v) is 6.02. The van der Waals surface area contributed by atoms with Gasteiger partial charge >= 0.3 is 0 Å². The van der Waals surface area contributed by atoms with Crippen LogP contribution >= 0.6 is 0 Å². The lowest BCUT2D eigenvalue weighted by molar-refractivity contribution is -0.119. The molecule has 0 fully saturated rings. The molecule has 0 aliphatic carbocycles. The van der Waals surface area contributed by atoms with Crippen molar-refractivity contribution in [1.82, 2.24) is 5.32 Å². The number of unbranched alkanes of at least 4 members (excludes halogenated alkanes) is 13. The molecule has 0 aliphatic rings. The van der Waals surface area contributed by atoms with Crippen LogP contribution in [0.15, 0.2) is 18.2 Å². The van der Waals surface area contributed by atoms with Crippen LogP contribution in [-0.2, 0) is 11.2 Å². The number of carbonyl (C=O) groups is 1. The Morgan fingerprint density at radius 1 is 0.767 bits per heavy atom. The Balaban J connectivity index is 1.91. The summed E-state index contributed by atoms with van der Waals surface area (Å²) in [5, 5.41) is 6.37. The third-order valence-electron chi connectivity index (χ3n) is 6.02. The molecular weight excluding hydrogens is 368 g/mol. The Labute approximate surface area is 186 Å². The Hall–Kier alpha value is -1.51. The van der Waals surface area contributed by atoms with Crippen molar-refractivity contribution in [3.8, 4) is 0 Å². The fraction of sp³-hybridized carbons (Fsp3) is 0.741. The summed E-state index contributed by atoms with van der Waals surface area (Å²) < 4.78 is 0. The molecule has 0 heterocycles. The number of anilines is 1. The van der Waals surface area contributed by atoms with Gasteiger partial charge in [0.1, 0.15) is 0 Å². The van der Waals surface area contributed by atoms with E-state index in [0.29, 0.717) is 6.54 Å². The number of hydrogen-bond acceptors (Lipinski definition) is 2. The van der Waals surface area contributed by atoms with E-state index in [9.17, 15) is 4.79 Å². The first-order chi connectivity index (χ1) is 14.7. The van der Waals surface area contributed by atoms with Gasteiger partial charge in [-0.05, 0) is 30.9 Å². The van der Waals surface area contributed by atoms with Gasteiger partial charge in [-0.3, -0.25) is 4.79 Å². The van der Waals surface area contributed by atoms with Crippen LogP contribution in [0.2, 0.25) is 0 Å². The molecule has 0 atom stereocenters. The van der Waals surface area contributed by atoms with E-state index in [1.165, 1.54) is 94.6 Å². The molecule has 0 saturated heterocycles. The van der Waals surface area contributed by atoms with Crippen LogP contribution in [0.5, 0.6) is 0 Å². The summed E-state index contributed by atoms with van der Waals surface area (Å²) >= 11 is 0. The summed E-state index contributed by atoms with van der Waals surface area (Å²) in [5.41, 5.74) is 3.59. The maximum absolute atomic E-state index is 12.1. The summed E-state index contributed by atoms with van der Waals surface area (Å²) in [4.78, 5) is 12.1. The van der Waals surface area contributed by atoms with Crippen LogP contribution in [0.1, 0.15) is 115 Å². The molecular formula is C27H48N2O. The number of aryl methyl sites for hydroxylation is 2. The normalized spacial score (nSPS) is 10.9. The van der Waals surface area contributed by atoms with E-state index in [0.717, 1.165) is 25.1 Å². The predicted molar refractivity (Wildman–Crippen MR) is 132 cm³/mol. The van der Waals surface area contributed by atoms with Crippen molar-refractivity contribution in [3.05, 3.63) is 29.3 Å². The maximum Gasteiger partial charge on any atom is 0.239 e. The average Bonchev–Trinajstić information content (AvgIpc) is 2.75. The highest BCUT2D eigenvalue weighted by atomic mass is 16.1. The molecule has 3 heteroatoms. The van der Waals surface area contributed by atoms with Crippen LogP contribution in [0.4, 0.5) is 5.69 Å². The monoisotopic (exact) mass is 416 g/mol. The molecule has 0 spiro atoms. The van der Waals surface area contributed by atoms with Crippen molar-refractivity contribution >= 4 is 11.6 Å². The lowest BCUT2D eigenvalue weighted by Gasteiger charge is -2.14. The Bertz CT molecular complexity index is 556. The zero-order chi connectivity index (χ0) is 21.9. The highest BCUT2D eigenvalue weighted by Crippen LogP contribution is 2.20. The second-order valence-corrected chi connectivity index (χ2v) is 8.76. The summed E-state index contributed by atoms with van der Waals surface area (Å²) in [6.07, 6.45) is 20.0. The number of para-hydroxylation sites is 1. The van der Waals surface area contributed by atoms with Gasteiger partial charge in [0.2, 0.25) is 5.91 Å². The fourth-order valence-corrected chi connectivity index (χ4v) is 4.05. The SMILES string of the molecule is CCCCCCCCCCCCCCCCNC(=O)CNc1c(C)cccc1CC. The molecule has 0 radical (unpaired) electrons. The molecule has 0 aliphatic heterocycles. The van der Waals surface area contributed by atoms with Gasteiger partial charge in [0.15, 0.2) is 0 Å². The number of amides is 1. The lowest BCUT2D eigenvalue weighted by atomic mass is 10.0. The second-order valence-electron chi connectivity index (χ2n) is 8.76. The molecule has 2 N–H and O–H groups in total. The van der Waals surface area contributed by atoms with Crippen LogP contribution < -0.4 is 10.6 Å². The topological polar surface area (TPSA) is 41.1 Å². The summed E-state index contributed by atoms with van der Waals surface area (Å²) in [5.74, 6) is 0.0926. The van der Waals surface area contributed by atoms with Gasteiger partial charge in [-0.2, -0.15) is 0 Å². The molecule has 1 rings (SSSR count). The smallest absolute Gasteiger partial charge is 0.239 e. The average molecular weight is 417 g/mol. The molecule has 1 aromatic carbocycles. The number of benzene rings is 1. The van der Waals surface area contributed by atoms with Gasteiger partial charge in [0.25, 0.3) is 0 Å². The van der Waals surface area contributed by atoms with Gasteiger partial charge in [-0.25, -0.2) is 0 Å².